The van der Waals surface area contributed by atoms with Gasteiger partial charge in [-0.05, 0) is 0 Å². The average molecular weight is 288 g/mol. The molecule has 0 aromatic rings. The van der Waals surface area contributed by atoms with Gasteiger partial charge in [-0.3, -0.25) is 0 Å². The van der Waals surface area contributed by atoms with Crippen LogP contribution in [0, 0.1) is 0 Å². The Morgan fingerprint density at radius 3 is 2.58 bits per heavy atom. The van der Waals surface area contributed by atoms with E-state index < -0.39 is 46.6 Å². The third kappa shape index (κ3) is 2.31. The summed E-state index contributed by atoms with van der Waals surface area (Å²) in [6, 6.07) is 0. The minimum atomic E-state index is -1.81. The van der Waals surface area contributed by atoms with E-state index in [-0.39, 0.29) is 5.48 Å². The second-order valence-corrected chi connectivity index (χ2v) is 3.34. The SMILES string of the molecule is O.O=C(O)C(O)C1[O][Sb][O]C1=O. The molecule has 2 atom stereocenters. The molecule has 4 N–H and O–H groups in total. The standard InChI is InChI=1S/C4H5O6.H2O.Sb/c5-1(3(7)8)2(6)4(9)10;;/h1-2,5H,(H,7,8)(H,9,10);1H2;/q-1;;+2/p-1. The number of carbonyl (C=O) groups excluding carboxylic acids is 1. The molecule has 0 aliphatic carbocycles. The van der Waals surface area contributed by atoms with Crippen LogP contribution in [0.1, 0.15) is 0 Å². The van der Waals surface area contributed by atoms with Crippen molar-refractivity contribution in [2.75, 3.05) is 0 Å². The summed E-state index contributed by atoms with van der Waals surface area (Å²) >= 11 is -1.49. The first-order valence-electron chi connectivity index (χ1n) is 2.61. The molecule has 0 bridgehead atoms. The zero-order valence-corrected chi connectivity index (χ0v) is 8.18. The Labute approximate surface area is 78.2 Å². The normalized spacial score (nSPS) is 24.1. The topological polar surface area (TPSA) is 125 Å². The maximum absolute atomic E-state index is 10.6. The Kier molecular flexibility index (Phi) is 4.47. The number of carboxylic acids is 1. The van der Waals surface area contributed by atoms with E-state index in [2.05, 4.69) is 6.03 Å². The van der Waals surface area contributed by atoms with E-state index in [1.165, 1.54) is 0 Å². The van der Waals surface area contributed by atoms with Crippen molar-refractivity contribution in [3.8, 4) is 0 Å². The monoisotopic (exact) mass is 287 g/mol. The van der Waals surface area contributed by atoms with Gasteiger partial charge in [0.25, 0.3) is 0 Å². The van der Waals surface area contributed by atoms with E-state index in [9.17, 15) is 9.59 Å². The number of aliphatic carboxylic acids is 1. The van der Waals surface area contributed by atoms with E-state index in [0.29, 0.717) is 0 Å². The van der Waals surface area contributed by atoms with Crippen LogP contribution in [-0.2, 0) is 15.6 Å². The molecule has 8 heteroatoms. The molecule has 1 radical (unpaired) electrons. The summed E-state index contributed by atoms with van der Waals surface area (Å²) in [7, 11) is 0. The molecular formula is C4H6O7Sb. The maximum atomic E-state index is 10.6. The van der Waals surface area contributed by atoms with Crippen molar-refractivity contribution < 1.29 is 31.3 Å². The second kappa shape index (κ2) is 4.61. The van der Waals surface area contributed by atoms with E-state index in [0.717, 1.165) is 0 Å². The van der Waals surface area contributed by atoms with E-state index in [1.54, 1.807) is 0 Å². The number of aliphatic hydroxyl groups is 1. The van der Waals surface area contributed by atoms with Crippen molar-refractivity contribution in [1.29, 1.82) is 0 Å². The van der Waals surface area contributed by atoms with Crippen LogP contribution >= 0.6 is 0 Å². The molecule has 0 saturated carbocycles. The first-order chi connectivity index (χ1) is 5.13. The van der Waals surface area contributed by atoms with Crippen LogP contribution in [0.15, 0.2) is 0 Å². The molecule has 1 rings (SSSR count). The van der Waals surface area contributed by atoms with Gasteiger partial charge in [0.1, 0.15) is 0 Å². The molecule has 1 heterocycles. The molecule has 0 aromatic carbocycles. The van der Waals surface area contributed by atoms with Crippen LogP contribution in [-0.4, -0.2) is 62.3 Å². The molecule has 1 aliphatic heterocycles. The average Bonchev–Trinajstić information content (AvgIpc) is 2.33. The van der Waals surface area contributed by atoms with Gasteiger partial charge in [-0.2, -0.15) is 0 Å². The zero-order chi connectivity index (χ0) is 8.43. The minimum absolute atomic E-state index is 0. The van der Waals surface area contributed by atoms with Gasteiger partial charge in [0.2, 0.25) is 0 Å². The van der Waals surface area contributed by atoms with Crippen LogP contribution in [0.4, 0.5) is 0 Å². The number of hydrogen-bond donors (Lipinski definition) is 2. The van der Waals surface area contributed by atoms with Gasteiger partial charge < -0.3 is 5.48 Å². The fourth-order valence-corrected chi connectivity index (χ4v) is 1.98. The van der Waals surface area contributed by atoms with Crippen molar-refractivity contribution >= 4 is 34.4 Å². The molecule has 1 saturated heterocycles. The van der Waals surface area contributed by atoms with Crippen molar-refractivity contribution in [3.63, 3.8) is 0 Å². The van der Waals surface area contributed by atoms with Crippen molar-refractivity contribution in [1.82, 2.24) is 0 Å². The molecule has 69 valence electrons. The van der Waals surface area contributed by atoms with E-state index in [4.69, 9.17) is 10.2 Å². The van der Waals surface area contributed by atoms with Crippen LogP contribution < -0.4 is 0 Å². The quantitative estimate of drug-likeness (QED) is 0.524. The number of aliphatic hydroxyl groups excluding tert-OH is 1. The van der Waals surface area contributed by atoms with Crippen LogP contribution in [0.5, 0.6) is 0 Å². The number of hydrogen-bond acceptors (Lipinski definition) is 5. The van der Waals surface area contributed by atoms with Crippen LogP contribution in [0.2, 0.25) is 0 Å². The summed E-state index contributed by atoms with van der Waals surface area (Å²) in [5.41, 5.74) is 0. The first kappa shape index (κ1) is 11.6. The molecule has 0 amide bonds. The Hall–Kier alpha value is -0.362. The Bertz CT molecular complexity index is 192. The first-order valence-corrected chi connectivity index (χ1v) is 4.69. The van der Waals surface area contributed by atoms with Gasteiger partial charge in [0, 0.05) is 0 Å². The Morgan fingerprint density at radius 1 is 1.67 bits per heavy atom. The fraction of sp³-hybridized carbons (Fsp3) is 0.500. The molecule has 7 nitrogen and oxygen atoms in total. The summed E-state index contributed by atoms with van der Waals surface area (Å²) in [5, 5.41) is 17.0. The molecule has 0 spiro atoms. The van der Waals surface area contributed by atoms with Gasteiger partial charge in [-0.25, -0.2) is 0 Å². The number of carbonyl (C=O) groups is 2. The molecule has 1 aliphatic rings. The van der Waals surface area contributed by atoms with Crippen LogP contribution in [0.3, 0.4) is 0 Å². The fourth-order valence-electron chi connectivity index (χ4n) is 0.516. The van der Waals surface area contributed by atoms with Gasteiger partial charge in [-0.15, -0.1) is 0 Å². The molecule has 2 unspecified atom stereocenters. The second-order valence-electron chi connectivity index (χ2n) is 1.79. The third-order valence-electron chi connectivity index (χ3n) is 1.06. The van der Waals surface area contributed by atoms with E-state index in [1.807, 2.05) is 0 Å². The predicted molar refractivity (Wildman–Crippen MR) is 34.0 cm³/mol. The van der Waals surface area contributed by atoms with Gasteiger partial charge in [0.15, 0.2) is 0 Å². The summed E-state index contributed by atoms with van der Waals surface area (Å²) in [6.45, 7) is 0. The van der Waals surface area contributed by atoms with Gasteiger partial charge in [0.05, 0.1) is 0 Å². The molecule has 12 heavy (non-hydrogen) atoms. The van der Waals surface area contributed by atoms with Crippen molar-refractivity contribution in [2.24, 2.45) is 0 Å². The Morgan fingerprint density at radius 2 is 2.25 bits per heavy atom. The van der Waals surface area contributed by atoms with E-state index >= 15 is 0 Å². The molecular weight excluding hydrogens is 282 g/mol. The summed E-state index contributed by atoms with van der Waals surface area (Å²) < 4.78 is 9.04. The summed E-state index contributed by atoms with van der Waals surface area (Å²) in [5.74, 6) is -2.26. The third-order valence-corrected chi connectivity index (χ3v) is 2.68. The van der Waals surface area contributed by atoms with Crippen molar-refractivity contribution in [3.05, 3.63) is 0 Å². The van der Waals surface area contributed by atoms with Gasteiger partial charge >= 0.3 is 72.4 Å². The number of carboxylic acid groups (broad SMARTS) is 1. The summed E-state index contributed by atoms with van der Waals surface area (Å²) in [4.78, 5) is 20.7. The van der Waals surface area contributed by atoms with Gasteiger partial charge in [-0.1, -0.05) is 0 Å². The molecule has 0 aromatic heterocycles. The Balaban J connectivity index is 0.00000121. The van der Waals surface area contributed by atoms with Crippen molar-refractivity contribution in [2.45, 2.75) is 12.2 Å². The van der Waals surface area contributed by atoms with Crippen LogP contribution in [0.25, 0.3) is 0 Å². The predicted octanol–water partition coefficient (Wildman–Crippen LogP) is -2.92. The zero-order valence-electron chi connectivity index (χ0n) is 5.63. The number of rotatable bonds is 2. The molecule has 1 fully saturated rings. The summed E-state index contributed by atoms with van der Waals surface area (Å²) in [6.07, 6.45) is -3.12.